The molecule has 2 amide bonds. The molecule has 2 rings (SSSR count). The van der Waals surface area contributed by atoms with Crippen LogP contribution in [0.4, 0.5) is 0 Å². The molecule has 0 spiro atoms. The molecule has 0 aromatic carbocycles. The molecular formula is C12H21N3O2. The fourth-order valence-corrected chi connectivity index (χ4v) is 2.85. The largest absolute Gasteiger partial charge is 0.370 e. The van der Waals surface area contributed by atoms with Crippen molar-refractivity contribution < 1.29 is 9.59 Å². The summed E-state index contributed by atoms with van der Waals surface area (Å²) in [6, 6.07) is 0.0848. The van der Waals surface area contributed by atoms with E-state index in [1.165, 1.54) is 0 Å². The Morgan fingerprint density at radius 2 is 1.76 bits per heavy atom. The molecule has 4 N–H and O–H groups in total. The summed E-state index contributed by atoms with van der Waals surface area (Å²) in [6.07, 6.45) is 5.12. The van der Waals surface area contributed by atoms with Gasteiger partial charge in [-0.3, -0.25) is 9.59 Å². The third-order valence-electron chi connectivity index (χ3n) is 4.04. The van der Waals surface area contributed by atoms with E-state index in [4.69, 9.17) is 11.5 Å². The lowest BCUT2D eigenvalue weighted by atomic mass is 9.84. The number of carbonyl (C=O) groups excluding carboxylic acids is 2. The Kier molecular flexibility index (Phi) is 3.66. The number of hydrogen-bond acceptors (Lipinski definition) is 3. The van der Waals surface area contributed by atoms with Crippen molar-refractivity contribution >= 4 is 11.8 Å². The first-order valence-corrected chi connectivity index (χ1v) is 6.44. The predicted molar refractivity (Wildman–Crippen MR) is 63.9 cm³/mol. The second-order valence-electron chi connectivity index (χ2n) is 5.16. The van der Waals surface area contributed by atoms with Crippen LogP contribution in [0.5, 0.6) is 0 Å². The summed E-state index contributed by atoms with van der Waals surface area (Å²) >= 11 is 0. The Morgan fingerprint density at radius 3 is 2.24 bits per heavy atom. The Bertz CT molecular complexity index is 315. The van der Waals surface area contributed by atoms with E-state index >= 15 is 0 Å². The zero-order valence-corrected chi connectivity index (χ0v) is 10.1. The number of rotatable bonds is 4. The minimum Gasteiger partial charge on any atom is -0.370 e. The van der Waals surface area contributed by atoms with Crippen LogP contribution in [0, 0.1) is 5.92 Å². The van der Waals surface area contributed by atoms with Gasteiger partial charge >= 0.3 is 0 Å². The van der Waals surface area contributed by atoms with E-state index in [2.05, 4.69) is 0 Å². The van der Waals surface area contributed by atoms with Gasteiger partial charge < -0.3 is 16.4 Å². The van der Waals surface area contributed by atoms with Gasteiger partial charge in [0.25, 0.3) is 0 Å². The molecular weight excluding hydrogens is 218 g/mol. The average Bonchev–Trinajstić information content (AvgIpc) is 2.56. The van der Waals surface area contributed by atoms with Crippen molar-refractivity contribution in [3.63, 3.8) is 0 Å². The first-order valence-electron chi connectivity index (χ1n) is 6.44. The van der Waals surface area contributed by atoms with Crippen molar-refractivity contribution in [2.24, 2.45) is 17.4 Å². The average molecular weight is 239 g/mol. The fourth-order valence-electron chi connectivity index (χ4n) is 2.85. The molecule has 1 aliphatic carbocycles. The number of nitrogens with zero attached hydrogens (tertiary/aromatic N) is 1. The highest BCUT2D eigenvalue weighted by Gasteiger charge is 2.40. The molecule has 0 radical (unpaired) electrons. The maximum absolute atomic E-state index is 12.3. The van der Waals surface area contributed by atoms with Crippen LogP contribution in [-0.2, 0) is 9.59 Å². The van der Waals surface area contributed by atoms with Crippen LogP contribution in [-0.4, -0.2) is 35.3 Å². The summed E-state index contributed by atoms with van der Waals surface area (Å²) in [6.45, 7) is 0.480. The smallest absolute Gasteiger partial charge is 0.226 e. The summed E-state index contributed by atoms with van der Waals surface area (Å²) in [5.41, 5.74) is 10.9. The molecule has 1 aliphatic heterocycles. The Hall–Kier alpha value is -1.10. The van der Waals surface area contributed by atoms with Gasteiger partial charge in [0.15, 0.2) is 0 Å². The van der Waals surface area contributed by atoms with Crippen molar-refractivity contribution in [1.82, 2.24) is 4.90 Å². The van der Waals surface area contributed by atoms with Gasteiger partial charge in [0.05, 0.1) is 0 Å². The molecule has 5 nitrogen and oxygen atoms in total. The molecule has 5 heteroatoms. The van der Waals surface area contributed by atoms with Crippen LogP contribution < -0.4 is 11.5 Å². The molecule has 0 aromatic rings. The molecule has 96 valence electrons. The van der Waals surface area contributed by atoms with Gasteiger partial charge in [-0.2, -0.15) is 0 Å². The number of likely N-dealkylation sites (tertiary alicyclic amines) is 1. The molecule has 2 aliphatic rings. The topological polar surface area (TPSA) is 89.4 Å². The first kappa shape index (κ1) is 12.4. The predicted octanol–water partition coefficient (Wildman–Crippen LogP) is -0.0198. The van der Waals surface area contributed by atoms with Gasteiger partial charge in [-0.1, -0.05) is 6.42 Å². The lowest BCUT2D eigenvalue weighted by Crippen LogP contribution is -2.49. The molecule has 0 aromatic heterocycles. The van der Waals surface area contributed by atoms with Crippen molar-refractivity contribution in [3.8, 4) is 0 Å². The van der Waals surface area contributed by atoms with Gasteiger partial charge in [0, 0.05) is 31.0 Å². The van der Waals surface area contributed by atoms with E-state index < -0.39 is 0 Å². The van der Waals surface area contributed by atoms with Crippen LogP contribution >= 0.6 is 0 Å². The van der Waals surface area contributed by atoms with E-state index in [1.807, 2.05) is 4.90 Å². The quantitative estimate of drug-likeness (QED) is 0.722. The zero-order chi connectivity index (χ0) is 12.4. The molecule has 0 unspecified atom stereocenters. The minimum absolute atomic E-state index is 0.0193. The zero-order valence-electron chi connectivity index (χ0n) is 10.1. The number of carbonyl (C=O) groups is 2. The monoisotopic (exact) mass is 239 g/mol. The van der Waals surface area contributed by atoms with Gasteiger partial charge in [-0.15, -0.1) is 0 Å². The molecule has 0 bridgehead atoms. The van der Waals surface area contributed by atoms with Crippen molar-refractivity contribution in [2.75, 3.05) is 6.54 Å². The number of amides is 2. The van der Waals surface area contributed by atoms with Gasteiger partial charge in [-0.05, 0) is 25.7 Å². The Morgan fingerprint density at radius 1 is 1.12 bits per heavy atom. The normalized spacial score (nSPS) is 29.1. The van der Waals surface area contributed by atoms with Crippen LogP contribution in [0.15, 0.2) is 0 Å². The van der Waals surface area contributed by atoms with E-state index in [-0.39, 0.29) is 36.2 Å². The molecule has 2 fully saturated rings. The Labute approximate surface area is 102 Å². The molecule has 1 saturated heterocycles. The standard InChI is InChI=1S/C12H21N3O2/c13-7-10-5-4-9(6-11(14)16)15(10)12(17)8-2-1-3-8/h8-10H,1-7,13H2,(H2,14,16)/t9-,10+/m1/s1. The second-order valence-corrected chi connectivity index (χ2v) is 5.16. The van der Waals surface area contributed by atoms with E-state index in [0.29, 0.717) is 6.54 Å². The van der Waals surface area contributed by atoms with E-state index in [9.17, 15) is 9.59 Å². The highest BCUT2D eigenvalue weighted by atomic mass is 16.2. The fraction of sp³-hybridized carbons (Fsp3) is 0.833. The number of primary amides is 1. The third kappa shape index (κ3) is 2.44. The third-order valence-corrected chi connectivity index (χ3v) is 4.04. The number of nitrogens with two attached hydrogens (primary N) is 2. The molecule has 1 heterocycles. The maximum Gasteiger partial charge on any atom is 0.226 e. The van der Waals surface area contributed by atoms with Crippen LogP contribution in [0.25, 0.3) is 0 Å². The van der Waals surface area contributed by atoms with E-state index in [0.717, 1.165) is 32.1 Å². The second kappa shape index (κ2) is 5.04. The van der Waals surface area contributed by atoms with Gasteiger partial charge in [-0.25, -0.2) is 0 Å². The summed E-state index contributed by atoms with van der Waals surface area (Å²) in [5.74, 6) is 0.0204. The summed E-state index contributed by atoms with van der Waals surface area (Å²) in [5, 5.41) is 0. The van der Waals surface area contributed by atoms with Crippen LogP contribution in [0.1, 0.15) is 38.5 Å². The highest BCUT2D eigenvalue weighted by Crippen LogP contribution is 2.34. The molecule has 17 heavy (non-hydrogen) atoms. The van der Waals surface area contributed by atoms with Crippen LogP contribution in [0.3, 0.4) is 0 Å². The number of hydrogen-bond donors (Lipinski definition) is 2. The maximum atomic E-state index is 12.3. The van der Waals surface area contributed by atoms with Crippen molar-refractivity contribution in [2.45, 2.75) is 50.6 Å². The summed E-state index contributed by atoms with van der Waals surface area (Å²) in [4.78, 5) is 25.2. The minimum atomic E-state index is -0.334. The lowest BCUT2D eigenvalue weighted by Gasteiger charge is -2.35. The summed E-state index contributed by atoms with van der Waals surface area (Å²) in [7, 11) is 0. The van der Waals surface area contributed by atoms with Crippen molar-refractivity contribution in [3.05, 3.63) is 0 Å². The van der Waals surface area contributed by atoms with Gasteiger partial charge in [0.1, 0.15) is 0 Å². The van der Waals surface area contributed by atoms with Crippen LogP contribution in [0.2, 0.25) is 0 Å². The molecule has 2 atom stereocenters. The van der Waals surface area contributed by atoms with Gasteiger partial charge in [0.2, 0.25) is 11.8 Å². The van der Waals surface area contributed by atoms with Crippen molar-refractivity contribution in [1.29, 1.82) is 0 Å². The SMILES string of the molecule is NC[C@@H]1CC[C@H](CC(N)=O)N1C(=O)C1CCC1. The lowest BCUT2D eigenvalue weighted by molar-refractivity contribution is -0.141. The summed E-state index contributed by atoms with van der Waals surface area (Å²) < 4.78 is 0. The first-order chi connectivity index (χ1) is 8.13. The molecule has 1 saturated carbocycles. The highest BCUT2D eigenvalue weighted by molar-refractivity contribution is 5.82. The Balaban J connectivity index is 2.06. The van der Waals surface area contributed by atoms with E-state index in [1.54, 1.807) is 0 Å².